The first-order valence-corrected chi connectivity index (χ1v) is 7.35. The van der Waals surface area contributed by atoms with Crippen molar-refractivity contribution in [2.24, 2.45) is 0 Å². The molecule has 0 saturated heterocycles. The van der Waals surface area contributed by atoms with Crippen molar-refractivity contribution in [1.82, 2.24) is 0 Å². The maximum Gasteiger partial charge on any atom is 0.188 e. The van der Waals surface area contributed by atoms with Gasteiger partial charge >= 0.3 is 0 Å². The van der Waals surface area contributed by atoms with E-state index in [1.165, 1.54) is 0 Å². The van der Waals surface area contributed by atoms with Gasteiger partial charge in [0.25, 0.3) is 0 Å². The maximum atomic E-state index is 11.9. The van der Waals surface area contributed by atoms with E-state index >= 15 is 0 Å². The topological polar surface area (TPSA) is 26.3 Å². The Morgan fingerprint density at radius 2 is 1.74 bits per heavy atom. The van der Waals surface area contributed by atoms with Gasteiger partial charge in [0.1, 0.15) is 6.61 Å². The highest BCUT2D eigenvalue weighted by Gasteiger charge is 2.05. The average Bonchev–Trinajstić information content (AvgIpc) is 2.39. The van der Waals surface area contributed by atoms with Gasteiger partial charge < -0.3 is 4.74 Å². The minimum absolute atomic E-state index is 0.0116. The van der Waals surface area contributed by atoms with Crippen molar-refractivity contribution < 1.29 is 9.53 Å². The molecule has 2 rings (SSSR count). The average molecular weight is 384 g/mol. The summed E-state index contributed by atoms with van der Waals surface area (Å²) in [7, 11) is 0. The summed E-state index contributed by atoms with van der Waals surface area (Å²) >= 11 is 6.74. The molecule has 0 N–H and O–H groups in total. The Labute approximate surface area is 129 Å². The van der Waals surface area contributed by atoms with Crippen molar-refractivity contribution in [3.63, 3.8) is 0 Å². The molecule has 0 aliphatic heterocycles. The first kappa shape index (κ1) is 14.4. The molecule has 2 nitrogen and oxygen atoms in total. The van der Waals surface area contributed by atoms with Crippen LogP contribution in [0.4, 0.5) is 0 Å². The van der Waals surface area contributed by atoms with E-state index in [0.717, 1.165) is 14.5 Å². The predicted octanol–water partition coefficient (Wildman–Crippen LogP) is 4.61. The summed E-state index contributed by atoms with van der Waals surface area (Å²) in [6.45, 7) is 0.524. The van der Waals surface area contributed by atoms with Crippen LogP contribution < -0.4 is 0 Å². The van der Waals surface area contributed by atoms with E-state index in [2.05, 4.69) is 31.9 Å². The molecule has 0 saturated carbocycles. The van der Waals surface area contributed by atoms with Crippen LogP contribution in [-0.2, 0) is 11.3 Å². The number of hydrogen-bond donors (Lipinski definition) is 0. The number of hydrogen-bond acceptors (Lipinski definition) is 2. The van der Waals surface area contributed by atoms with E-state index in [0.29, 0.717) is 12.2 Å². The Kier molecular flexibility index (Phi) is 5.31. The molecule has 0 unspecified atom stereocenters. The number of carbonyl (C=O) groups is 1. The van der Waals surface area contributed by atoms with E-state index in [9.17, 15) is 4.79 Å². The molecule has 4 heteroatoms. The second-order valence-electron chi connectivity index (χ2n) is 4.05. The molecule has 0 spiro atoms. The van der Waals surface area contributed by atoms with Crippen LogP contribution in [0.15, 0.2) is 57.5 Å². The van der Waals surface area contributed by atoms with Crippen molar-refractivity contribution in [2.45, 2.75) is 6.61 Å². The lowest BCUT2D eigenvalue weighted by Gasteiger charge is -2.05. The largest absolute Gasteiger partial charge is 0.369 e. The summed E-state index contributed by atoms with van der Waals surface area (Å²) in [5.74, 6) is -0.0116. The van der Waals surface area contributed by atoms with Crippen LogP contribution in [0.3, 0.4) is 0 Å². The Bertz CT molecular complexity index is 565. The number of halogens is 2. The number of benzene rings is 2. The molecule has 0 fully saturated rings. The van der Waals surface area contributed by atoms with Crippen LogP contribution in [0.25, 0.3) is 0 Å². The van der Waals surface area contributed by atoms with Crippen LogP contribution in [0.2, 0.25) is 0 Å². The maximum absolute atomic E-state index is 11.9. The molecule has 0 atom stereocenters. The van der Waals surface area contributed by atoms with Crippen LogP contribution in [0, 0.1) is 0 Å². The lowest BCUT2D eigenvalue weighted by Crippen LogP contribution is -2.08. The molecule has 98 valence electrons. The highest BCUT2D eigenvalue weighted by Crippen LogP contribution is 2.13. The van der Waals surface area contributed by atoms with Crippen molar-refractivity contribution >= 4 is 37.6 Å². The predicted molar refractivity (Wildman–Crippen MR) is 82.3 cm³/mol. The number of ether oxygens (including phenoxy) is 1. The molecule has 2 aromatic carbocycles. The third-order valence-corrected chi connectivity index (χ3v) is 3.58. The first-order chi connectivity index (χ1) is 9.15. The summed E-state index contributed by atoms with van der Waals surface area (Å²) in [5.41, 5.74) is 1.70. The molecule has 0 amide bonds. The van der Waals surface area contributed by atoms with Gasteiger partial charge in [0.2, 0.25) is 0 Å². The minimum atomic E-state index is -0.0116. The molecular formula is C15H12Br2O2. The van der Waals surface area contributed by atoms with Gasteiger partial charge in [0.05, 0.1) is 6.61 Å². The van der Waals surface area contributed by atoms with E-state index in [1.807, 2.05) is 36.4 Å². The molecule has 0 bridgehead atoms. The summed E-state index contributed by atoms with van der Waals surface area (Å²) < 4.78 is 7.40. The molecule has 0 radical (unpaired) electrons. The van der Waals surface area contributed by atoms with E-state index in [-0.39, 0.29) is 12.4 Å². The third kappa shape index (κ3) is 4.56. The lowest BCUT2D eigenvalue weighted by molar-refractivity contribution is 0.0726. The molecule has 19 heavy (non-hydrogen) atoms. The number of rotatable bonds is 5. The second kappa shape index (κ2) is 6.98. The van der Waals surface area contributed by atoms with Gasteiger partial charge in [-0.3, -0.25) is 4.79 Å². The first-order valence-electron chi connectivity index (χ1n) is 5.76. The SMILES string of the molecule is O=C(COCc1cccc(Br)c1)c1ccc(Br)cc1. The highest BCUT2D eigenvalue weighted by atomic mass is 79.9. The lowest BCUT2D eigenvalue weighted by atomic mass is 10.1. The normalized spacial score (nSPS) is 10.4. The fourth-order valence-electron chi connectivity index (χ4n) is 1.61. The quantitative estimate of drug-likeness (QED) is 0.704. The zero-order valence-corrected chi connectivity index (χ0v) is 13.3. The van der Waals surface area contributed by atoms with Gasteiger partial charge in [-0.2, -0.15) is 0 Å². The van der Waals surface area contributed by atoms with Gasteiger partial charge in [-0.1, -0.05) is 56.1 Å². The fourth-order valence-corrected chi connectivity index (χ4v) is 2.32. The summed E-state index contributed by atoms with van der Waals surface area (Å²) in [4.78, 5) is 11.9. The molecule has 2 aromatic rings. The van der Waals surface area contributed by atoms with Gasteiger partial charge in [0, 0.05) is 14.5 Å². The Morgan fingerprint density at radius 3 is 2.42 bits per heavy atom. The standard InChI is InChI=1S/C15H12Br2O2/c16-13-6-4-12(5-7-13)15(18)10-19-9-11-2-1-3-14(17)8-11/h1-8H,9-10H2. The van der Waals surface area contributed by atoms with Crippen molar-refractivity contribution in [2.75, 3.05) is 6.61 Å². The number of Topliss-reactive ketones (excluding diaryl/α,β-unsaturated/α-hetero) is 1. The van der Waals surface area contributed by atoms with Gasteiger partial charge in [-0.25, -0.2) is 0 Å². The molecule has 0 heterocycles. The smallest absolute Gasteiger partial charge is 0.188 e. The molecule has 0 aromatic heterocycles. The van der Waals surface area contributed by atoms with E-state index in [4.69, 9.17) is 4.74 Å². The molecule has 0 aliphatic rings. The zero-order chi connectivity index (χ0) is 13.7. The minimum Gasteiger partial charge on any atom is -0.369 e. The number of carbonyl (C=O) groups excluding carboxylic acids is 1. The zero-order valence-electron chi connectivity index (χ0n) is 10.1. The fraction of sp³-hybridized carbons (Fsp3) is 0.133. The van der Waals surface area contributed by atoms with E-state index < -0.39 is 0 Å². The monoisotopic (exact) mass is 382 g/mol. The Hall–Kier alpha value is -0.970. The van der Waals surface area contributed by atoms with Crippen molar-refractivity contribution in [3.8, 4) is 0 Å². The van der Waals surface area contributed by atoms with Crippen LogP contribution in [0.5, 0.6) is 0 Å². The Balaban J connectivity index is 1.86. The van der Waals surface area contributed by atoms with Gasteiger partial charge in [-0.15, -0.1) is 0 Å². The van der Waals surface area contributed by atoms with Crippen LogP contribution in [-0.4, -0.2) is 12.4 Å². The van der Waals surface area contributed by atoms with Crippen molar-refractivity contribution in [3.05, 3.63) is 68.6 Å². The van der Waals surface area contributed by atoms with Gasteiger partial charge in [-0.05, 0) is 29.8 Å². The molecular weight excluding hydrogens is 372 g/mol. The number of ketones is 1. The molecule has 0 aliphatic carbocycles. The van der Waals surface area contributed by atoms with E-state index in [1.54, 1.807) is 12.1 Å². The summed E-state index contributed by atoms with van der Waals surface area (Å²) in [6, 6.07) is 15.1. The van der Waals surface area contributed by atoms with Crippen molar-refractivity contribution in [1.29, 1.82) is 0 Å². The van der Waals surface area contributed by atoms with Crippen LogP contribution in [0.1, 0.15) is 15.9 Å². The third-order valence-electron chi connectivity index (χ3n) is 2.56. The van der Waals surface area contributed by atoms with Crippen LogP contribution >= 0.6 is 31.9 Å². The Morgan fingerprint density at radius 1 is 1.00 bits per heavy atom. The summed E-state index contributed by atoms with van der Waals surface area (Å²) in [5, 5.41) is 0. The van der Waals surface area contributed by atoms with Gasteiger partial charge in [0.15, 0.2) is 5.78 Å². The summed E-state index contributed by atoms with van der Waals surface area (Å²) in [6.07, 6.45) is 0. The second-order valence-corrected chi connectivity index (χ2v) is 5.88. The highest BCUT2D eigenvalue weighted by molar-refractivity contribution is 9.10.